The van der Waals surface area contributed by atoms with Gasteiger partial charge in [-0.05, 0) is 59.7 Å². The maximum atomic E-state index is 13.5. The summed E-state index contributed by atoms with van der Waals surface area (Å²) in [6, 6.07) is 18.8. The Hall–Kier alpha value is -3.47. The predicted octanol–water partition coefficient (Wildman–Crippen LogP) is 3.18. The van der Waals surface area contributed by atoms with Crippen molar-refractivity contribution in [3.63, 3.8) is 0 Å². The van der Waals surface area contributed by atoms with Crippen molar-refractivity contribution in [2.45, 2.75) is 18.0 Å². The third-order valence-electron chi connectivity index (χ3n) is 6.07. The van der Waals surface area contributed by atoms with Crippen LogP contribution < -0.4 is 14.4 Å². The number of morpholine rings is 1. The number of benzene rings is 3. The highest BCUT2D eigenvalue weighted by Crippen LogP contribution is 2.25. The Bertz CT molecular complexity index is 1280. The average Bonchev–Trinajstić information content (AvgIpc) is 2.92. The van der Waals surface area contributed by atoms with Crippen molar-refractivity contribution >= 4 is 21.6 Å². The number of anilines is 1. The molecule has 0 bridgehead atoms. The molecule has 0 atom stereocenters. The Balaban J connectivity index is 1.43. The molecule has 10 heteroatoms. The Morgan fingerprint density at radius 3 is 2.22 bits per heavy atom. The van der Waals surface area contributed by atoms with Crippen LogP contribution in [0.15, 0.2) is 77.7 Å². The van der Waals surface area contributed by atoms with Crippen molar-refractivity contribution in [2.75, 3.05) is 44.3 Å². The Kier molecular flexibility index (Phi) is 8.75. The van der Waals surface area contributed by atoms with Gasteiger partial charge in [0.2, 0.25) is 5.91 Å². The predicted molar refractivity (Wildman–Crippen MR) is 138 cm³/mol. The normalized spacial score (nSPS) is 14.2. The SMILES string of the molecule is COc1ccc(S(=O)(=O)N(CC(=O)NCc2ccc(CN3CCOCC3)cc2)c2ccc(F)cc2)cc1. The number of sulfonamides is 1. The Morgan fingerprint density at radius 2 is 1.59 bits per heavy atom. The van der Waals surface area contributed by atoms with Crippen LogP contribution in [-0.4, -0.2) is 59.2 Å². The van der Waals surface area contributed by atoms with Gasteiger partial charge >= 0.3 is 0 Å². The molecule has 1 saturated heterocycles. The van der Waals surface area contributed by atoms with E-state index in [9.17, 15) is 17.6 Å². The summed E-state index contributed by atoms with van der Waals surface area (Å²) in [4.78, 5) is 15.2. The van der Waals surface area contributed by atoms with E-state index in [1.54, 1.807) is 0 Å². The number of amides is 1. The first-order valence-corrected chi connectivity index (χ1v) is 13.4. The molecular formula is C27H30FN3O5S. The van der Waals surface area contributed by atoms with E-state index in [1.807, 2.05) is 24.3 Å². The molecule has 1 aliphatic rings. The van der Waals surface area contributed by atoms with Gasteiger partial charge in [0.15, 0.2) is 0 Å². The lowest BCUT2D eigenvalue weighted by molar-refractivity contribution is -0.119. The van der Waals surface area contributed by atoms with Crippen molar-refractivity contribution in [1.29, 1.82) is 0 Å². The fourth-order valence-corrected chi connectivity index (χ4v) is 5.39. The summed E-state index contributed by atoms with van der Waals surface area (Å²) in [5, 5.41) is 2.79. The number of carbonyl (C=O) groups is 1. The molecule has 1 heterocycles. The third-order valence-corrected chi connectivity index (χ3v) is 7.86. The molecule has 0 aromatic heterocycles. The molecular weight excluding hydrogens is 497 g/mol. The Morgan fingerprint density at radius 1 is 0.973 bits per heavy atom. The second kappa shape index (κ2) is 12.2. The smallest absolute Gasteiger partial charge is 0.264 e. The molecule has 1 fully saturated rings. The highest BCUT2D eigenvalue weighted by Gasteiger charge is 2.27. The van der Waals surface area contributed by atoms with Gasteiger partial charge in [0.25, 0.3) is 10.0 Å². The van der Waals surface area contributed by atoms with Crippen LogP contribution in [0.5, 0.6) is 5.75 Å². The van der Waals surface area contributed by atoms with Gasteiger partial charge in [-0.2, -0.15) is 0 Å². The van der Waals surface area contributed by atoms with Crippen molar-refractivity contribution in [3.05, 3.63) is 89.7 Å². The van der Waals surface area contributed by atoms with E-state index in [1.165, 1.54) is 49.1 Å². The van der Waals surface area contributed by atoms with E-state index >= 15 is 0 Å². The largest absolute Gasteiger partial charge is 0.497 e. The van der Waals surface area contributed by atoms with Gasteiger partial charge in [-0.15, -0.1) is 0 Å². The maximum absolute atomic E-state index is 13.5. The topological polar surface area (TPSA) is 88.2 Å². The van der Waals surface area contributed by atoms with Crippen molar-refractivity contribution in [3.8, 4) is 5.75 Å². The summed E-state index contributed by atoms with van der Waals surface area (Å²) in [5.74, 6) is -0.494. The quantitative estimate of drug-likeness (QED) is 0.436. The van der Waals surface area contributed by atoms with Crippen LogP contribution in [0.2, 0.25) is 0 Å². The maximum Gasteiger partial charge on any atom is 0.264 e. The minimum atomic E-state index is -4.11. The lowest BCUT2D eigenvalue weighted by atomic mass is 10.1. The zero-order valence-corrected chi connectivity index (χ0v) is 21.4. The van der Waals surface area contributed by atoms with Crippen molar-refractivity contribution in [2.24, 2.45) is 0 Å². The van der Waals surface area contributed by atoms with Crippen LogP contribution in [-0.2, 0) is 32.6 Å². The second-order valence-electron chi connectivity index (χ2n) is 8.65. The van der Waals surface area contributed by atoms with Crippen LogP contribution in [0.4, 0.5) is 10.1 Å². The highest BCUT2D eigenvalue weighted by atomic mass is 32.2. The summed E-state index contributed by atoms with van der Waals surface area (Å²) < 4.78 is 51.8. The molecule has 0 unspecified atom stereocenters. The number of halogens is 1. The van der Waals surface area contributed by atoms with Gasteiger partial charge in [-0.3, -0.25) is 14.0 Å². The summed E-state index contributed by atoms with van der Waals surface area (Å²) >= 11 is 0. The standard InChI is InChI=1S/C27H30FN3O5S/c1-35-25-10-12-26(13-11-25)37(33,34)31(24-8-6-23(28)7-9-24)20-27(32)29-18-21-2-4-22(5-3-21)19-30-14-16-36-17-15-30/h2-13H,14-20H2,1H3,(H,29,32). The number of carbonyl (C=O) groups excluding carboxylic acids is 1. The highest BCUT2D eigenvalue weighted by molar-refractivity contribution is 7.92. The summed E-state index contributed by atoms with van der Waals surface area (Å²) in [6.07, 6.45) is 0. The van der Waals surface area contributed by atoms with E-state index in [0.29, 0.717) is 5.75 Å². The van der Waals surface area contributed by atoms with Gasteiger partial charge in [-0.25, -0.2) is 12.8 Å². The minimum absolute atomic E-state index is 0.0127. The number of methoxy groups -OCH3 is 1. The number of hydrogen-bond acceptors (Lipinski definition) is 6. The zero-order chi connectivity index (χ0) is 26.3. The van der Waals surface area contributed by atoms with Gasteiger partial charge in [0, 0.05) is 26.2 Å². The van der Waals surface area contributed by atoms with Gasteiger partial charge in [-0.1, -0.05) is 24.3 Å². The van der Waals surface area contributed by atoms with E-state index in [4.69, 9.17) is 9.47 Å². The molecule has 0 saturated carbocycles. The number of nitrogens with one attached hydrogen (secondary N) is 1. The van der Waals surface area contributed by atoms with Gasteiger partial charge < -0.3 is 14.8 Å². The molecule has 37 heavy (non-hydrogen) atoms. The molecule has 0 radical (unpaired) electrons. The fourth-order valence-electron chi connectivity index (χ4n) is 3.96. The van der Waals surface area contributed by atoms with Crippen molar-refractivity contribution in [1.82, 2.24) is 10.2 Å². The van der Waals surface area contributed by atoms with Gasteiger partial charge in [0.05, 0.1) is 30.9 Å². The van der Waals surface area contributed by atoms with Crippen LogP contribution in [0.25, 0.3) is 0 Å². The van der Waals surface area contributed by atoms with Gasteiger partial charge in [0.1, 0.15) is 18.1 Å². The molecule has 0 aliphatic carbocycles. The second-order valence-corrected chi connectivity index (χ2v) is 10.5. The molecule has 196 valence electrons. The van der Waals surface area contributed by atoms with Crippen LogP contribution >= 0.6 is 0 Å². The van der Waals surface area contributed by atoms with Crippen LogP contribution in [0.1, 0.15) is 11.1 Å². The molecule has 0 spiro atoms. The third kappa shape index (κ3) is 7.06. The van der Waals surface area contributed by atoms with E-state index in [0.717, 1.165) is 54.8 Å². The number of nitrogens with zero attached hydrogens (tertiary/aromatic N) is 2. The molecule has 1 amide bonds. The number of rotatable bonds is 10. The number of ether oxygens (including phenoxy) is 2. The first kappa shape index (κ1) is 26.6. The van der Waals surface area contributed by atoms with E-state index in [-0.39, 0.29) is 17.1 Å². The summed E-state index contributed by atoms with van der Waals surface area (Å²) in [5.41, 5.74) is 2.25. The summed E-state index contributed by atoms with van der Waals surface area (Å²) in [7, 11) is -2.63. The molecule has 3 aromatic carbocycles. The summed E-state index contributed by atoms with van der Waals surface area (Å²) in [6.45, 7) is 3.92. The van der Waals surface area contributed by atoms with E-state index < -0.39 is 28.3 Å². The molecule has 1 N–H and O–H groups in total. The molecule has 1 aliphatic heterocycles. The zero-order valence-electron chi connectivity index (χ0n) is 20.6. The number of hydrogen-bond donors (Lipinski definition) is 1. The molecule has 3 aromatic rings. The Labute approximate surface area is 216 Å². The van der Waals surface area contributed by atoms with Crippen molar-refractivity contribution < 1.29 is 27.1 Å². The first-order valence-electron chi connectivity index (χ1n) is 11.9. The monoisotopic (exact) mass is 527 g/mol. The average molecular weight is 528 g/mol. The minimum Gasteiger partial charge on any atom is -0.497 e. The van der Waals surface area contributed by atoms with Crippen LogP contribution in [0, 0.1) is 5.82 Å². The van der Waals surface area contributed by atoms with E-state index in [2.05, 4.69) is 10.2 Å². The lowest BCUT2D eigenvalue weighted by Crippen LogP contribution is -2.40. The molecule has 8 nitrogen and oxygen atoms in total. The first-order chi connectivity index (χ1) is 17.8. The lowest BCUT2D eigenvalue weighted by Gasteiger charge is -2.26. The fraction of sp³-hybridized carbons (Fsp3) is 0.296. The van der Waals surface area contributed by atoms with Crippen LogP contribution in [0.3, 0.4) is 0 Å². The molecule has 4 rings (SSSR count).